The van der Waals surface area contributed by atoms with Gasteiger partial charge in [0, 0.05) is 23.2 Å². The van der Waals surface area contributed by atoms with Crippen LogP contribution in [0.3, 0.4) is 0 Å². The first-order valence-corrected chi connectivity index (χ1v) is 8.94. The second kappa shape index (κ2) is 7.97. The number of nitrogens with one attached hydrogen (secondary N) is 2. The second-order valence-electron chi connectivity index (χ2n) is 5.98. The zero-order valence-corrected chi connectivity index (χ0v) is 15.2. The van der Waals surface area contributed by atoms with Crippen molar-refractivity contribution >= 4 is 40.0 Å². The summed E-state index contributed by atoms with van der Waals surface area (Å²) in [6.07, 6.45) is 4.20. The quantitative estimate of drug-likeness (QED) is 0.517. The Labute approximate surface area is 161 Å². The van der Waals surface area contributed by atoms with E-state index < -0.39 is 0 Å². The maximum atomic E-state index is 6.02. The summed E-state index contributed by atoms with van der Waals surface area (Å²) in [4.78, 5) is 8.90. The number of anilines is 3. The number of hydrogen-bond donors (Lipinski definition) is 2. The largest absolute Gasteiger partial charge is 0.368 e. The first-order chi connectivity index (χ1) is 13.3. The number of fused-ring (bicyclic) bond motifs is 1. The molecule has 2 aromatic carbocycles. The van der Waals surface area contributed by atoms with Gasteiger partial charge in [-0.3, -0.25) is 4.98 Å². The van der Waals surface area contributed by atoms with Crippen LogP contribution in [0.4, 0.5) is 17.5 Å². The fourth-order valence-electron chi connectivity index (χ4n) is 2.79. The third-order valence-corrected chi connectivity index (χ3v) is 4.28. The third-order valence-electron chi connectivity index (χ3n) is 4.05. The van der Waals surface area contributed by atoms with Crippen molar-refractivity contribution in [1.82, 2.24) is 20.2 Å². The van der Waals surface area contributed by atoms with Gasteiger partial charge in [0.15, 0.2) is 5.82 Å². The van der Waals surface area contributed by atoms with E-state index in [9.17, 15) is 0 Å². The number of halogens is 1. The van der Waals surface area contributed by atoms with Gasteiger partial charge in [0.2, 0.25) is 5.95 Å². The van der Waals surface area contributed by atoms with Crippen molar-refractivity contribution in [2.75, 3.05) is 17.2 Å². The van der Waals surface area contributed by atoms with Gasteiger partial charge < -0.3 is 10.6 Å². The lowest BCUT2D eigenvalue weighted by molar-refractivity contribution is 0.950. The van der Waals surface area contributed by atoms with Crippen LogP contribution in [0.25, 0.3) is 10.9 Å². The highest BCUT2D eigenvalue weighted by Gasteiger charge is 2.05. The highest BCUT2D eigenvalue weighted by molar-refractivity contribution is 6.30. The lowest BCUT2D eigenvalue weighted by Gasteiger charge is -2.09. The van der Waals surface area contributed by atoms with E-state index in [1.165, 1.54) is 0 Å². The molecule has 0 saturated heterocycles. The van der Waals surface area contributed by atoms with Crippen LogP contribution in [-0.2, 0) is 6.42 Å². The zero-order valence-electron chi connectivity index (χ0n) is 14.4. The molecule has 27 heavy (non-hydrogen) atoms. The van der Waals surface area contributed by atoms with Crippen LogP contribution in [0.1, 0.15) is 5.56 Å². The summed E-state index contributed by atoms with van der Waals surface area (Å²) in [7, 11) is 0. The Hall–Kier alpha value is -3.25. The van der Waals surface area contributed by atoms with Crippen LogP contribution in [0.5, 0.6) is 0 Å². The number of benzene rings is 2. The second-order valence-corrected chi connectivity index (χ2v) is 6.41. The fourth-order valence-corrected chi connectivity index (χ4v) is 3.01. The maximum absolute atomic E-state index is 6.02. The van der Waals surface area contributed by atoms with Crippen molar-refractivity contribution < 1.29 is 0 Å². The minimum atomic E-state index is 0.418. The molecule has 0 radical (unpaired) electrons. The van der Waals surface area contributed by atoms with Crippen molar-refractivity contribution in [1.29, 1.82) is 0 Å². The minimum absolute atomic E-state index is 0.418. The summed E-state index contributed by atoms with van der Waals surface area (Å²) in [6.45, 7) is 0.717. The number of nitrogens with zero attached hydrogens (tertiary/aromatic N) is 4. The molecule has 0 aliphatic heterocycles. The molecule has 4 aromatic rings. The zero-order chi connectivity index (χ0) is 18.5. The summed E-state index contributed by atoms with van der Waals surface area (Å²) in [6, 6.07) is 17.7. The Kier molecular flexibility index (Phi) is 5.07. The Bertz CT molecular complexity index is 1060. The van der Waals surface area contributed by atoms with Crippen LogP contribution < -0.4 is 10.6 Å². The molecule has 6 nitrogen and oxygen atoms in total. The SMILES string of the molecule is Clc1cccc(CCNc2cnnc(Nc3cccc4cccnc34)n2)c1. The number of hydrogen-bond acceptors (Lipinski definition) is 6. The van der Waals surface area contributed by atoms with Crippen molar-refractivity contribution in [2.24, 2.45) is 0 Å². The van der Waals surface area contributed by atoms with Gasteiger partial charge in [-0.15, -0.1) is 5.10 Å². The van der Waals surface area contributed by atoms with E-state index in [0.717, 1.165) is 33.6 Å². The molecule has 0 saturated carbocycles. The van der Waals surface area contributed by atoms with Crippen molar-refractivity contribution in [2.45, 2.75) is 6.42 Å². The Morgan fingerprint density at radius 2 is 1.89 bits per heavy atom. The van der Waals surface area contributed by atoms with Crippen molar-refractivity contribution in [3.63, 3.8) is 0 Å². The molecule has 0 aliphatic rings. The predicted octanol–water partition coefficient (Wildman–Crippen LogP) is 4.47. The van der Waals surface area contributed by atoms with E-state index in [-0.39, 0.29) is 0 Å². The average molecular weight is 377 g/mol. The molecule has 0 bridgehead atoms. The lowest BCUT2D eigenvalue weighted by atomic mass is 10.1. The maximum Gasteiger partial charge on any atom is 0.249 e. The van der Waals surface area contributed by atoms with E-state index in [0.29, 0.717) is 18.3 Å². The molecule has 2 heterocycles. The molecular weight excluding hydrogens is 360 g/mol. The molecule has 4 rings (SSSR count). The molecule has 134 valence electrons. The molecule has 7 heteroatoms. The van der Waals surface area contributed by atoms with Gasteiger partial charge in [-0.2, -0.15) is 10.1 Å². The number of rotatable bonds is 6. The van der Waals surface area contributed by atoms with E-state index in [2.05, 4.69) is 30.8 Å². The Balaban J connectivity index is 1.44. The third kappa shape index (κ3) is 4.30. The molecule has 2 aromatic heterocycles. The number of aromatic nitrogens is 4. The molecule has 0 aliphatic carbocycles. The highest BCUT2D eigenvalue weighted by atomic mass is 35.5. The van der Waals surface area contributed by atoms with Crippen LogP contribution in [0.15, 0.2) is 67.0 Å². The van der Waals surface area contributed by atoms with Crippen molar-refractivity contribution in [3.05, 3.63) is 77.6 Å². The summed E-state index contributed by atoms with van der Waals surface area (Å²) < 4.78 is 0. The molecule has 0 atom stereocenters. The topological polar surface area (TPSA) is 75.6 Å². The van der Waals surface area contributed by atoms with Gasteiger partial charge >= 0.3 is 0 Å². The molecule has 2 N–H and O–H groups in total. The number of para-hydroxylation sites is 1. The van der Waals surface area contributed by atoms with Crippen molar-refractivity contribution in [3.8, 4) is 0 Å². The van der Waals surface area contributed by atoms with Gasteiger partial charge in [-0.1, -0.05) is 41.9 Å². The van der Waals surface area contributed by atoms with Crippen LogP contribution in [0, 0.1) is 0 Å². The van der Waals surface area contributed by atoms with E-state index in [1.807, 2.05) is 54.6 Å². The van der Waals surface area contributed by atoms with E-state index in [1.54, 1.807) is 12.4 Å². The standard InChI is InChI=1S/C20H17ClN6/c21-16-7-1-4-14(12-16)9-11-22-18-13-24-27-20(26-18)25-17-8-2-5-15-6-3-10-23-19(15)17/h1-8,10,12-13H,9,11H2,(H2,22,25,26,27). The van der Waals surface area contributed by atoms with Crippen LogP contribution in [-0.4, -0.2) is 26.7 Å². The van der Waals surface area contributed by atoms with Gasteiger partial charge in [0.05, 0.1) is 17.4 Å². The molecular formula is C20H17ClN6. The summed E-state index contributed by atoms with van der Waals surface area (Å²) in [5.41, 5.74) is 2.87. The smallest absolute Gasteiger partial charge is 0.249 e. The fraction of sp³-hybridized carbons (Fsp3) is 0.100. The van der Waals surface area contributed by atoms with Gasteiger partial charge in [0.1, 0.15) is 0 Å². The molecule has 0 spiro atoms. The van der Waals surface area contributed by atoms with Crippen LogP contribution in [0.2, 0.25) is 5.02 Å². The van der Waals surface area contributed by atoms with Gasteiger partial charge in [-0.25, -0.2) is 0 Å². The Morgan fingerprint density at radius 1 is 1.00 bits per heavy atom. The van der Waals surface area contributed by atoms with E-state index in [4.69, 9.17) is 11.6 Å². The average Bonchev–Trinajstić information content (AvgIpc) is 2.69. The first kappa shape index (κ1) is 17.2. The molecule has 0 fully saturated rings. The highest BCUT2D eigenvalue weighted by Crippen LogP contribution is 2.23. The number of pyridine rings is 1. The van der Waals surface area contributed by atoms with Gasteiger partial charge in [-0.05, 0) is 36.2 Å². The molecule has 0 amide bonds. The normalized spacial score (nSPS) is 10.7. The lowest BCUT2D eigenvalue weighted by Crippen LogP contribution is -2.09. The predicted molar refractivity (Wildman–Crippen MR) is 108 cm³/mol. The minimum Gasteiger partial charge on any atom is -0.368 e. The summed E-state index contributed by atoms with van der Waals surface area (Å²) in [5, 5.41) is 16.3. The summed E-state index contributed by atoms with van der Waals surface area (Å²) >= 11 is 6.02. The monoisotopic (exact) mass is 376 g/mol. The first-order valence-electron chi connectivity index (χ1n) is 8.57. The molecule has 0 unspecified atom stereocenters. The van der Waals surface area contributed by atoms with E-state index >= 15 is 0 Å². The van der Waals surface area contributed by atoms with Gasteiger partial charge in [0.25, 0.3) is 0 Å². The Morgan fingerprint density at radius 3 is 2.81 bits per heavy atom. The summed E-state index contributed by atoms with van der Waals surface area (Å²) in [5.74, 6) is 1.07. The van der Waals surface area contributed by atoms with Crippen LogP contribution >= 0.6 is 11.6 Å².